The van der Waals surface area contributed by atoms with E-state index in [0.717, 1.165) is 17.7 Å². The van der Waals surface area contributed by atoms with E-state index < -0.39 is 23.8 Å². The molecule has 0 saturated carbocycles. The first kappa shape index (κ1) is 19.2. The van der Waals surface area contributed by atoms with E-state index in [0.29, 0.717) is 31.9 Å². The molecule has 1 unspecified atom stereocenters. The van der Waals surface area contributed by atoms with Crippen LogP contribution in [-0.4, -0.2) is 31.7 Å². The molecule has 1 fully saturated rings. The summed E-state index contributed by atoms with van der Waals surface area (Å²) in [5, 5.41) is 8.66. The van der Waals surface area contributed by atoms with E-state index in [9.17, 15) is 18.0 Å². The summed E-state index contributed by atoms with van der Waals surface area (Å²) in [6, 6.07) is 12.7. The quantitative estimate of drug-likeness (QED) is 0.746. The van der Waals surface area contributed by atoms with Crippen molar-refractivity contribution in [3.8, 4) is 0 Å². The highest BCUT2D eigenvalue weighted by molar-refractivity contribution is 5.97. The zero-order valence-electron chi connectivity index (χ0n) is 14.5. The van der Waals surface area contributed by atoms with Crippen molar-refractivity contribution in [2.75, 3.05) is 30.3 Å². The van der Waals surface area contributed by atoms with Crippen LogP contribution in [-0.2, 0) is 22.3 Å². The topological polar surface area (TPSA) is 62.4 Å². The number of carbonyl (C=O) groups is 1. The highest BCUT2D eigenvalue weighted by Gasteiger charge is 2.31. The van der Waals surface area contributed by atoms with Crippen LogP contribution >= 0.6 is 0 Å². The highest BCUT2D eigenvalue weighted by atomic mass is 19.4. The van der Waals surface area contributed by atoms with Crippen LogP contribution in [0.25, 0.3) is 0 Å². The van der Waals surface area contributed by atoms with Gasteiger partial charge in [-0.1, -0.05) is 30.3 Å². The van der Waals surface area contributed by atoms with Crippen LogP contribution in [0.15, 0.2) is 48.5 Å². The number of ether oxygens (including phenoxy) is 1. The van der Waals surface area contributed by atoms with Gasteiger partial charge in [0.1, 0.15) is 6.10 Å². The molecule has 0 aromatic heterocycles. The molecule has 5 nitrogen and oxygen atoms in total. The minimum Gasteiger partial charge on any atom is -0.379 e. The Morgan fingerprint density at radius 3 is 2.59 bits per heavy atom. The molecule has 1 saturated heterocycles. The number of morpholine rings is 1. The number of alkyl halides is 3. The Hall–Kier alpha value is -2.58. The molecule has 3 N–H and O–H groups in total. The van der Waals surface area contributed by atoms with Crippen molar-refractivity contribution < 1.29 is 22.7 Å². The molecule has 0 radical (unpaired) electrons. The maximum absolute atomic E-state index is 13.1. The van der Waals surface area contributed by atoms with E-state index in [2.05, 4.69) is 16.0 Å². The van der Waals surface area contributed by atoms with Crippen LogP contribution in [0.3, 0.4) is 0 Å². The fourth-order valence-electron chi connectivity index (χ4n) is 2.72. The van der Waals surface area contributed by atoms with Gasteiger partial charge < -0.3 is 20.7 Å². The third-order valence-corrected chi connectivity index (χ3v) is 4.15. The summed E-state index contributed by atoms with van der Waals surface area (Å²) in [4.78, 5) is 12.4. The van der Waals surface area contributed by atoms with Gasteiger partial charge in [0.05, 0.1) is 23.5 Å². The maximum Gasteiger partial charge on any atom is 0.416 e. The zero-order valence-corrected chi connectivity index (χ0v) is 14.5. The Morgan fingerprint density at radius 1 is 1.15 bits per heavy atom. The number of amides is 1. The molecule has 3 rings (SSSR count). The molecule has 27 heavy (non-hydrogen) atoms. The van der Waals surface area contributed by atoms with Gasteiger partial charge in [-0.15, -0.1) is 0 Å². The Labute approximate surface area is 154 Å². The van der Waals surface area contributed by atoms with Crippen LogP contribution in [0.1, 0.15) is 11.1 Å². The molecular formula is C19H20F3N3O2. The van der Waals surface area contributed by atoms with Crippen molar-refractivity contribution >= 4 is 17.3 Å². The van der Waals surface area contributed by atoms with E-state index in [1.54, 1.807) is 0 Å². The summed E-state index contributed by atoms with van der Waals surface area (Å²) in [5.41, 5.74) is 0.615. The maximum atomic E-state index is 13.1. The number of carbonyl (C=O) groups excluding carboxylic acids is 1. The van der Waals surface area contributed by atoms with Gasteiger partial charge in [-0.2, -0.15) is 13.2 Å². The number of benzene rings is 2. The average molecular weight is 379 g/mol. The lowest BCUT2D eigenvalue weighted by Gasteiger charge is -2.23. The Morgan fingerprint density at radius 2 is 1.93 bits per heavy atom. The van der Waals surface area contributed by atoms with Crippen LogP contribution in [0, 0.1) is 0 Å². The SMILES string of the molecule is O=C(Nc1cc(C(F)(F)F)ccc1NCc1ccccc1)C1CNCCO1. The normalized spacial score (nSPS) is 17.4. The molecule has 1 aliphatic heterocycles. The van der Waals surface area contributed by atoms with Crippen molar-refractivity contribution in [2.24, 2.45) is 0 Å². The minimum absolute atomic E-state index is 0.0694. The molecule has 0 bridgehead atoms. The van der Waals surface area contributed by atoms with Gasteiger partial charge in [0.25, 0.3) is 5.91 Å². The van der Waals surface area contributed by atoms with Gasteiger partial charge in [-0.3, -0.25) is 4.79 Å². The van der Waals surface area contributed by atoms with Crippen molar-refractivity contribution in [1.29, 1.82) is 0 Å². The number of anilines is 2. The lowest BCUT2D eigenvalue weighted by Crippen LogP contribution is -2.45. The summed E-state index contributed by atoms with van der Waals surface area (Å²) in [6.07, 6.45) is -5.24. The zero-order chi connectivity index (χ0) is 19.3. The third-order valence-electron chi connectivity index (χ3n) is 4.15. The number of rotatable bonds is 5. The van der Waals surface area contributed by atoms with Crippen LogP contribution in [0.4, 0.5) is 24.5 Å². The molecule has 0 aliphatic carbocycles. The smallest absolute Gasteiger partial charge is 0.379 e. The number of hydrogen-bond acceptors (Lipinski definition) is 4. The molecule has 1 amide bonds. The average Bonchev–Trinajstić information content (AvgIpc) is 2.67. The first-order chi connectivity index (χ1) is 12.9. The Kier molecular flexibility index (Phi) is 5.98. The summed E-state index contributed by atoms with van der Waals surface area (Å²) < 4.78 is 44.6. The van der Waals surface area contributed by atoms with Gasteiger partial charge in [0, 0.05) is 19.6 Å². The molecular weight excluding hydrogens is 359 g/mol. The van der Waals surface area contributed by atoms with Crippen LogP contribution in [0.2, 0.25) is 0 Å². The molecule has 2 aromatic carbocycles. The van der Waals surface area contributed by atoms with Gasteiger partial charge in [0.2, 0.25) is 0 Å². The Balaban J connectivity index is 1.79. The van der Waals surface area contributed by atoms with Gasteiger partial charge in [-0.25, -0.2) is 0 Å². The Bertz CT molecular complexity index is 776. The summed E-state index contributed by atoms with van der Waals surface area (Å²) in [6.45, 7) is 1.74. The second kappa shape index (κ2) is 8.41. The highest BCUT2D eigenvalue weighted by Crippen LogP contribution is 2.34. The van der Waals surface area contributed by atoms with Gasteiger partial charge >= 0.3 is 6.18 Å². The summed E-state index contributed by atoms with van der Waals surface area (Å²) >= 11 is 0. The van der Waals surface area contributed by atoms with Crippen molar-refractivity contribution in [3.05, 3.63) is 59.7 Å². The summed E-state index contributed by atoms with van der Waals surface area (Å²) in [7, 11) is 0. The van der Waals surface area contributed by atoms with Crippen molar-refractivity contribution in [2.45, 2.75) is 18.8 Å². The molecule has 1 heterocycles. The summed E-state index contributed by atoms with van der Waals surface area (Å²) in [5.74, 6) is -0.482. The largest absolute Gasteiger partial charge is 0.416 e. The van der Waals surface area contributed by atoms with Crippen LogP contribution < -0.4 is 16.0 Å². The van der Waals surface area contributed by atoms with Gasteiger partial charge in [-0.05, 0) is 23.8 Å². The molecule has 8 heteroatoms. The number of halogens is 3. The second-order valence-electron chi connectivity index (χ2n) is 6.15. The molecule has 2 aromatic rings. The van der Waals surface area contributed by atoms with E-state index in [1.807, 2.05) is 30.3 Å². The third kappa shape index (κ3) is 5.21. The van der Waals surface area contributed by atoms with E-state index in [-0.39, 0.29) is 5.69 Å². The standard InChI is InChI=1S/C19H20F3N3O2/c20-19(21,22)14-6-7-15(24-11-13-4-2-1-3-5-13)16(10-14)25-18(26)17-12-23-8-9-27-17/h1-7,10,17,23-24H,8-9,11-12H2,(H,25,26). The minimum atomic E-state index is -4.50. The van der Waals surface area contributed by atoms with E-state index in [1.165, 1.54) is 6.07 Å². The molecule has 1 atom stereocenters. The monoisotopic (exact) mass is 379 g/mol. The lowest BCUT2D eigenvalue weighted by atomic mass is 10.1. The van der Waals surface area contributed by atoms with Crippen LogP contribution in [0.5, 0.6) is 0 Å². The predicted octanol–water partition coefficient (Wildman–Crippen LogP) is 3.24. The second-order valence-corrected chi connectivity index (χ2v) is 6.15. The number of nitrogens with one attached hydrogen (secondary N) is 3. The number of hydrogen-bond donors (Lipinski definition) is 3. The van der Waals surface area contributed by atoms with E-state index in [4.69, 9.17) is 4.74 Å². The fraction of sp³-hybridized carbons (Fsp3) is 0.316. The van der Waals surface area contributed by atoms with E-state index >= 15 is 0 Å². The molecule has 0 spiro atoms. The van der Waals surface area contributed by atoms with Gasteiger partial charge in [0.15, 0.2) is 0 Å². The first-order valence-corrected chi connectivity index (χ1v) is 8.56. The fourth-order valence-corrected chi connectivity index (χ4v) is 2.72. The predicted molar refractivity (Wildman–Crippen MR) is 96.5 cm³/mol. The molecule has 144 valence electrons. The molecule has 1 aliphatic rings. The van der Waals surface area contributed by atoms with Crippen molar-refractivity contribution in [3.63, 3.8) is 0 Å². The first-order valence-electron chi connectivity index (χ1n) is 8.56. The van der Waals surface area contributed by atoms with Crippen molar-refractivity contribution in [1.82, 2.24) is 5.32 Å². The lowest BCUT2D eigenvalue weighted by molar-refractivity contribution is -0.137.